The number of ketones is 1. The summed E-state index contributed by atoms with van der Waals surface area (Å²) < 4.78 is 29.4. The molecule has 0 unspecified atom stereocenters. The lowest BCUT2D eigenvalue weighted by molar-refractivity contribution is -0.583. The number of carbonyl (C=O) groups excluding carboxylic acids is 1. The van der Waals surface area contributed by atoms with E-state index in [1.165, 1.54) is 17.0 Å². The molecule has 3 rings (SSSR count). The average Bonchev–Trinajstić information content (AvgIpc) is 3.01. The lowest BCUT2D eigenvalue weighted by Gasteiger charge is -2.08. The Morgan fingerprint density at radius 1 is 1.54 bits per heavy atom. The number of hydrogen-bond donors (Lipinski definition) is 0. The molecule has 0 fully saturated rings. The van der Waals surface area contributed by atoms with E-state index in [2.05, 4.69) is 4.98 Å². The van der Waals surface area contributed by atoms with Gasteiger partial charge < -0.3 is 5.11 Å². The van der Waals surface area contributed by atoms with E-state index in [1.54, 1.807) is 19.1 Å². The summed E-state index contributed by atoms with van der Waals surface area (Å²) in [7, 11) is 0. The van der Waals surface area contributed by atoms with Gasteiger partial charge in [0.1, 0.15) is 12.4 Å². The van der Waals surface area contributed by atoms with Crippen LogP contribution < -0.4 is 9.51 Å². The summed E-state index contributed by atoms with van der Waals surface area (Å²) in [5, 5.41) is 8.30. The third-order valence-corrected chi connectivity index (χ3v) is 4.69. The minimum atomic E-state index is -4.18. The molecule has 0 atom stereocenters. The quantitative estimate of drug-likeness (QED) is 0.390. The molecule has 126 valence electrons. The van der Waals surface area contributed by atoms with Crippen LogP contribution in [-0.4, -0.2) is 20.7 Å². The van der Waals surface area contributed by atoms with Gasteiger partial charge in [-0.3, -0.25) is 4.79 Å². The Morgan fingerprint density at radius 2 is 2.25 bits per heavy atom. The Bertz CT molecular complexity index is 950. The zero-order valence-electron chi connectivity index (χ0n) is 12.1. The van der Waals surface area contributed by atoms with E-state index in [-0.39, 0.29) is 11.0 Å². The van der Waals surface area contributed by atoms with E-state index in [1.807, 2.05) is 0 Å². The molecule has 10 heteroatoms. The molecule has 0 bridgehead atoms. The van der Waals surface area contributed by atoms with Gasteiger partial charge in [-0.15, -0.1) is 11.3 Å². The second-order valence-electron chi connectivity index (χ2n) is 5.03. The first-order valence-electron chi connectivity index (χ1n) is 6.62. The number of fused-ring (bicyclic) bond motifs is 1. The Morgan fingerprint density at radius 3 is 2.83 bits per heavy atom. The van der Waals surface area contributed by atoms with E-state index in [0.717, 1.165) is 15.7 Å². The van der Waals surface area contributed by atoms with E-state index in [0.29, 0.717) is 16.1 Å². The number of halogens is 4. The molecular weight excluding hydrogens is 383 g/mol. The van der Waals surface area contributed by atoms with Crippen LogP contribution >= 0.6 is 34.5 Å². The summed E-state index contributed by atoms with van der Waals surface area (Å²) >= 11 is 11.8. The molecule has 3 aromatic rings. The van der Waals surface area contributed by atoms with Crippen LogP contribution in [0.15, 0.2) is 24.5 Å². The number of carbonyl (C=O) groups is 1. The fraction of sp³-hybridized carbons (Fsp3) is 0.214. The number of alkyl halides is 3. The molecule has 0 saturated heterocycles. The number of nitrogens with zero attached hydrogens (tertiary/aromatic N) is 3. The van der Waals surface area contributed by atoms with Crippen LogP contribution in [0.1, 0.15) is 20.9 Å². The fourth-order valence-corrected chi connectivity index (χ4v) is 3.53. The van der Waals surface area contributed by atoms with Gasteiger partial charge in [-0.25, -0.2) is 14.0 Å². The molecule has 0 amide bonds. The topological polar surface area (TPSA) is 62.0 Å². The van der Waals surface area contributed by atoms with Gasteiger partial charge in [-0.2, -0.15) is 8.78 Å². The molecular formula is C14H9Cl2F2N3O2S. The van der Waals surface area contributed by atoms with Gasteiger partial charge in [-0.05, 0) is 30.7 Å². The van der Waals surface area contributed by atoms with Crippen molar-refractivity contribution < 1.29 is 23.1 Å². The number of imidazole rings is 1. The second kappa shape index (κ2) is 5.94. The van der Waals surface area contributed by atoms with Crippen LogP contribution in [0, 0.1) is 6.92 Å². The molecule has 0 aliphatic rings. The van der Waals surface area contributed by atoms with Crippen LogP contribution in [0.3, 0.4) is 0 Å². The fourth-order valence-electron chi connectivity index (χ4n) is 2.47. The van der Waals surface area contributed by atoms with Crippen LogP contribution in [0.2, 0.25) is 4.47 Å². The van der Waals surface area contributed by atoms with E-state index >= 15 is 0 Å². The predicted molar refractivity (Wildman–Crippen MR) is 83.1 cm³/mol. The number of thiazole rings is 1. The molecule has 0 aliphatic carbocycles. The molecule has 0 aliphatic heterocycles. The Balaban J connectivity index is 2.29. The highest BCUT2D eigenvalue weighted by Gasteiger charge is 2.43. The number of hydrogen-bond acceptors (Lipinski definition) is 4. The van der Waals surface area contributed by atoms with Crippen molar-refractivity contribution in [1.29, 1.82) is 0 Å². The van der Waals surface area contributed by atoms with Crippen molar-refractivity contribution in [2.24, 2.45) is 0 Å². The molecule has 0 saturated carbocycles. The van der Waals surface area contributed by atoms with Crippen LogP contribution in [0.5, 0.6) is 5.88 Å². The van der Waals surface area contributed by atoms with E-state index < -0.39 is 22.7 Å². The summed E-state index contributed by atoms with van der Waals surface area (Å²) in [6, 6.07) is 3.29. The van der Waals surface area contributed by atoms with Gasteiger partial charge in [0.25, 0.3) is 11.4 Å². The van der Waals surface area contributed by atoms with Crippen molar-refractivity contribution in [3.63, 3.8) is 0 Å². The number of aryl methyl sites for hydroxylation is 1. The molecule has 3 heterocycles. The van der Waals surface area contributed by atoms with Crippen LogP contribution in [0.4, 0.5) is 8.78 Å². The maximum absolute atomic E-state index is 13.4. The van der Waals surface area contributed by atoms with Crippen molar-refractivity contribution in [2.45, 2.75) is 18.9 Å². The summed E-state index contributed by atoms with van der Waals surface area (Å²) in [6.45, 7) is 1.70. The van der Waals surface area contributed by atoms with Gasteiger partial charge >= 0.3 is 5.38 Å². The summed E-state index contributed by atoms with van der Waals surface area (Å²) in [5.41, 5.74) is 0.285. The highest BCUT2D eigenvalue weighted by atomic mass is 35.5. The van der Waals surface area contributed by atoms with Gasteiger partial charge in [0.05, 0.1) is 11.1 Å². The van der Waals surface area contributed by atoms with Gasteiger partial charge in [0.15, 0.2) is 4.47 Å². The van der Waals surface area contributed by atoms with Gasteiger partial charge in [-0.1, -0.05) is 11.6 Å². The minimum Gasteiger partial charge on any atom is -0.839 e. The Labute approximate surface area is 148 Å². The molecule has 0 aromatic carbocycles. The van der Waals surface area contributed by atoms with Crippen molar-refractivity contribution in [2.75, 3.05) is 0 Å². The minimum absolute atomic E-state index is 0.00494. The SMILES string of the molecule is Cc1ccc[n+]2c([O-])c(C(=O)C(F)(F)Cl)n(Cc3cnc(Cl)s3)c12. The molecule has 5 nitrogen and oxygen atoms in total. The molecule has 24 heavy (non-hydrogen) atoms. The largest absolute Gasteiger partial charge is 0.839 e. The molecule has 0 N–H and O–H groups in total. The average molecular weight is 392 g/mol. The predicted octanol–water partition coefficient (Wildman–Crippen LogP) is 2.78. The van der Waals surface area contributed by atoms with Crippen molar-refractivity contribution in [3.05, 3.63) is 45.1 Å². The van der Waals surface area contributed by atoms with Crippen molar-refractivity contribution in [3.8, 4) is 5.88 Å². The van der Waals surface area contributed by atoms with Crippen molar-refractivity contribution >= 4 is 46.0 Å². The first-order valence-corrected chi connectivity index (χ1v) is 8.19. The highest BCUT2D eigenvalue weighted by Crippen LogP contribution is 2.30. The van der Waals surface area contributed by atoms with Gasteiger partial charge in [0.2, 0.25) is 5.69 Å². The summed E-state index contributed by atoms with van der Waals surface area (Å²) in [6.07, 6.45) is 2.86. The maximum Gasteiger partial charge on any atom is 0.388 e. The van der Waals surface area contributed by atoms with E-state index in [9.17, 15) is 18.7 Å². The lowest BCUT2D eigenvalue weighted by atomic mass is 10.2. The maximum atomic E-state index is 13.4. The number of pyridine rings is 1. The van der Waals surface area contributed by atoms with E-state index in [4.69, 9.17) is 23.2 Å². The van der Waals surface area contributed by atoms with Crippen molar-refractivity contribution in [1.82, 2.24) is 9.55 Å². The van der Waals surface area contributed by atoms with Crippen LogP contribution in [-0.2, 0) is 6.54 Å². The van der Waals surface area contributed by atoms with Gasteiger partial charge in [0, 0.05) is 11.8 Å². The second-order valence-corrected chi connectivity index (χ2v) is 7.20. The van der Waals surface area contributed by atoms with Crippen LogP contribution in [0.25, 0.3) is 5.65 Å². The third kappa shape index (κ3) is 2.85. The molecule has 0 spiro atoms. The third-order valence-electron chi connectivity index (χ3n) is 3.42. The standard InChI is InChI=1S/C14H9Cl2F2N3O2S/c1-7-3-2-4-20-11(7)21(6-8-5-19-13(15)24-8)9(12(20)23)10(22)14(16,17)18/h2-5H,6H2,1H3. The number of Topliss-reactive ketones (excluding diaryl/α,β-unsaturated/α-hetero) is 1. The zero-order valence-corrected chi connectivity index (χ0v) is 14.4. The monoisotopic (exact) mass is 391 g/mol. The Hall–Kier alpha value is -1.77. The normalized spacial score (nSPS) is 12.0. The smallest absolute Gasteiger partial charge is 0.388 e. The highest BCUT2D eigenvalue weighted by molar-refractivity contribution is 7.15. The molecule has 0 radical (unpaired) electrons. The Kier molecular flexibility index (Phi) is 4.23. The summed E-state index contributed by atoms with van der Waals surface area (Å²) in [5.74, 6) is -2.59. The first kappa shape index (κ1) is 17.1. The molecule has 3 aromatic heterocycles. The first-order chi connectivity index (χ1) is 11.2. The summed E-state index contributed by atoms with van der Waals surface area (Å²) in [4.78, 5) is 16.5. The number of aromatic nitrogens is 3. The zero-order chi connectivity index (χ0) is 17.6. The lowest BCUT2D eigenvalue weighted by Crippen LogP contribution is -2.28. The number of rotatable bonds is 4.